The Morgan fingerprint density at radius 1 is 1.11 bits per heavy atom. The fourth-order valence-corrected chi connectivity index (χ4v) is 3.01. The largest absolute Gasteiger partial charge is 0.399 e. The van der Waals surface area contributed by atoms with E-state index in [9.17, 15) is 0 Å². The predicted octanol–water partition coefficient (Wildman–Crippen LogP) is 3.76. The predicted molar refractivity (Wildman–Crippen MR) is 79.9 cm³/mol. The molecule has 0 amide bonds. The first-order valence-corrected chi connectivity index (χ1v) is 6.79. The molecule has 4 heteroatoms. The molecule has 0 saturated carbocycles. The number of rotatable bonds is 2. The lowest BCUT2D eigenvalue weighted by molar-refractivity contribution is 1.25. The van der Waals surface area contributed by atoms with Gasteiger partial charge < -0.3 is 5.73 Å². The van der Waals surface area contributed by atoms with Crippen LogP contribution in [0.5, 0.6) is 0 Å². The van der Waals surface area contributed by atoms with E-state index < -0.39 is 0 Å². The molecule has 0 unspecified atom stereocenters. The number of nitrogen functional groups attached to an aromatic ring is 1. The van der Waals surface area contributed by atoms with Gasteiger partial charge in [-0.3, -0.25) is 4.98 Å². The monoisotopic (exact) mass is 267 g/mol. The molecule has 0 fully saturated rings. The smallest absolute Gasteiger partial charge is 0.125 e. The molecule has 2 aromatic heterocycles. The van der Waals surface area contributed by atoms with Crippen LogP contribution in [0.1, 0.15) is 5.69 Å². The fourth-order valence-electron chi connectivity index (χ4n) is 1.96. The fraction of sp³-hybridized carbons (Fsp3) is 0.0667. The Morgan fingerprint density at radius 3 is 2.68 bits per heavy atom. The average Bonchev–Trinajstić information content (AvgIpc) is 2.82. The first kappa shape index (κ1) is 11.9. The number of benzene rings is 1. The van der Waals surface area contributed by atoms with Gasteiger partial charge in [0.15, 0.2) is 0 Å². The standard InChI is InChI=1S/C15H13N3S/c1-10-14(11-4-2-6-13(16)8-11)19-15(18-10)12-5-3-7-17-9-12/h2-9H,16H2,1H3. The third-order valence-corrected chi connectivity index (χ3v) is 4.11. The molecule has 0 aliphatic carbocycles. The Morgan fingerprint density at radius 2 is 1.95 bits per heavy atom. The Kier molecular flexibility index (Phi) is 3.01. The normalized spacial score (nSPS) is 10.6. The highest BCUT2D eigenvalue weighted by Gasteiger charge is 2.11. The zero-order chi connectivity index (χ0) is 13.2. The minimum atomic E-state index is 0.772. The highest BCUT2D eigenvalue weighted by Crippen LogP contribution is 2.35. The van der Waals surface area contributed by atoms with Gasteiger partial charge in [0.25, 0.3) is 0 Å². The molecule has 0 aliphatic rings. The minimum absolute atomic E-state index is 0.772. The second kappa shape index (κ2) is 4.82. The number of anilines is 1. The summed E-state index contributed by atoms with van der Waals surface area (Å²) in [4.78, 5) is 9.92. The second-order valence-corrected chi connectivity index (χ2v) is 5.30. The van der Waals surface area contributed by atoms with Gasteiger partial charge in [0.2, 0.25) is 0 Å². The van der Waals surface area contributed by atoms with E-state index >= 15 is 0 Å². The Hall–Kier alpha value is -2.20. The van der Waals surface area contributed by atoms with Gasteiger partial charge in [-0.1, -0.05) is 12.1 Å². The number of nitrogens with zero attached hydrogens (tertiary/aromatic N) is 2. The third-order valence-electron chi connectivity index (χ3n) is 2.85. The lowest BCUT2D eigenvalue weighted by Gasteiger charge is -1.99. The first-order valence-electron chi connectivity index (χ1n) is 5.98. The maximum atomic E-state index is 5.84. The molecule has 3 rings (SSSR count). The second-order valence-electron chi connectivity index (χ2n) is 4.30. The quantitative estimate of drug-likeness (QED) is 0.719. The molecule has 0 spiro atoms. The van der Waals surface area contributed by atoms with Crippen molar-refractivity contribution in [3.05, 3.63) is 54.5 Å². The molecule has 0 aliphatic heterocycles. The summed E-state index contributed by atoms with van der Waals surface area (Å²) in [6.07, 6.45) is 3.60. The molecule has 94 valence electrons. The van der Waals surface area contributed by atoms with E-state index in [4.69, 9.17) is 5.73 Å². The molecule has 3 nitrogen and oxygen atoms in total. The lowest BCUT2D eigenvalue weighted by Crippen LogP contribution is -1.84. The van der Waals surface area contributed by atoms with Crippen LogP contribution >= 0.6 is 11.3 Å². The van der Waals surface area contributed by atoms with Gasteiger partial charge in [-0.05, 0) is 36.8 Å². The highest BCUT2D eigenvalue weighted by molar-refractivity contribution is 7.18. The van der Waals surface area contributed by atoms with E-state index in [2.05, 4.69) is 16.0 Å². The van der Waals surface area contributed by atoms with Gasteiger partial charge in [0.1, 0.15) is 5.01 Å². The minimum Gasteiger partial charge on any atom is -0.399 e. The highest BCUT2D eigenvalue weighted by atomic mass is 32.1. The van der Waals surface area contributed by atoms with Crippen LogP contribution in [0.4, 0.5) is 5.69 Å². The zero-order valence-electron chi connectivity index (χ0n) is 10.5. The van der Waals surface area contributed by atoms with Gasteiger partial charge >= 0.3 is 0 Å². The Balaban J connectivity index is 2.08. The van der Waals surface area contributed by atoms with E-state index in [1.807, 2.05) is 43.5 Å². The lowest BCUT2D eigenvalue weighted by atomic mass is 10.1. The van der Waals surface area contributed by atoms with Crippen molar-refractivity contribution < 1.29 is 0 Å². The van der Waals surface area contributed by atoms with E-state index in [0.717, 1.165) is 32.4 Å². The molecule has 0 atom stereocenters. The number of hydrogen-bond acceptors (Lipinski definition) is 4. The maximum absolute atomic E-state index is 5.84. The molecule has 0 radical (unpaired) electrons. The van der Waals surface area contributed by atoms with Gasteiger partial charge in [0.05, 0.1) is 10.6 Å². The van der Waals surface area contributed by atoms with Crippen LogP contribution in [0.15, 0.2) is 48.8 Å². The van der Waals surface area contributed by atoms with Crippen LogP contribution in [0.25, 0.3) is 21.0 Å². The van der Waals surface area contributed by atoms with Gasteiger partial charge in [-0.25, -0.2) is 4.98 Å². The third kappa shape index (κ3) is 2.35. The van der Waals surface area contributed by atoms with Crippen molar-refractivity contribution in [2.75, 3.05) is 5.73 Å². The van der Waals surface area contributed by atoms with Crippen molar-refractivity contribution in [3.8, 4) is 21.0 Å². The van der Waals surface area contributed by atoms with Crippen LogP contribution in [-0.2, 0) is 0 Å². The summed E-state index contributed by atoms with van der Waals surface area (Å²) in [5.74, 6) is 0. The van der Waals surface area contributed by atoms with Crippen molar-refractivity contribution >= 4 is 17.0 Å². The van der Waals surface area contributed by atoms with Crippen molar-refractivity contribution in [1.29, 1.82) is 0 Å². The van der Waals surface area contributed by atoms with Crippen molar-refractivity contribution in [1.82, 2.24) is 9.97 Å². The molecule has 3 aromatic rings. The van der Waals surface area contributed by atoms with Crippen molar-refractivity contribution in [2.24, 2.45) is 0 Å². The average molecular weight is 267 g/mol. The summed E-state index contributed by atoms with van der Waals surface area (Å²) in [5, 5.41) is 0.989. The topological polar surface area (TPSA) is 51.8 Å². The first-order chi connectivity index (χ1) is 9.24. The van der Waals surface area contributed by atoms with E-state index in [0.29, 0.717) is 0 Å². The van der Waals surface area contributed by atoms with Gasteiger partial charge in [-0.15, -0.1) is 11.3 Å². The number of thiazole rings is 1. The van der Waals surface area contributed by atoms with Crippen LogP contribution in [0.2, 0.25) is 0 Å². The SMILES string of the molecule is Cc1nc(-c2cccnc2)sc1-c1cccc(N)c1. The molecular weight excluding hydrogens is 254 g/mol. The van der Waals surface area contributed by atoms with Crippen LogP contribution in [-0.4, -0.2) is 9.97 Å². The molecule has 1 aromatic carbocycles. The van der Waals surface area contributed by atoms with Crippen molar-refractivity contribution in [3.63, 3.8) is 0 Å². The number of pyridine rings is 1. The van der Waals surface area contributed by atoms with Crippen molar-refractivity contribution in [2.45, 2.75) is 6.92 Å². The molecular formula is C15H13N3S. The number of hydrogen-bond donors (Lipinski definition) is 1. The number of aromatic nitrogens is 2. The summed E-state index contributed by atoms with van der Waals surface area (Å²) in [6.45, 7) is 2.02. The zero-order valence-corrected chi connectivity index (χ0v) is 11.3. The molecule has 19 heavy (non-hydrogen) atoms. The molecule has 0 bridgehead atoms. The molecule has 2 N–H and O–H groups in total. The summed E-state index contributed by atoms with van der Waals surface area (Å²) in [6, 6.07) is 11.8. The van der Waals surface area contributed by atoms with Crippen LogP contribution in [0, 0.1) is 6.92 Å². The van der Waals surface area contributed by atoms with E-state index in [1.54, 1.807) is 17.5 Å². The summed E-state index contributed by atoms with van der Waals surface area (Å²) in [5.41, 5.74) is 9.80. The Bertz CT molecular complexity index is 704. The number of aryl methyl sites for hydroxylation is 1. The molecule has 2 heterocycles. The number of nitrogens with two attached hydrogens (primary N) is 1. The van der Waals surface area contributed by atoms with Gasteiger partial charge in [0, 0.05) is 23.6 Å². The van der Waals surface area contributed by atoms with E-state index in [1.165, 1.54) is 0 Å². The maximum Gasteiger partial charge on any atom is 0.125 e. The summed E-state index contributed by atoms with van der Waals surface area (Å²) in [7, 11) is 0. The van der Waals surface area contributed by atoms with Gasteiger partial charge in [-0.2, -0.15) is 0 Å². The van der Waals surface area contributed by atoms with E-state index in [-0.39, 0.29) is 0 Å². The van der Waals surface area contributed by atoms with Crippen LogP contribution in [0.3, 0.4) is 0 Å². The molecule has 0 saturated heterocycles. The summed E-state index contributed by atoms with van der Waals surface area (Å²) >= 11 is 1.67. The van der Waals surface area contributed by atoms with Crippen LogP contribution < -0.4 is 5.73 Å². The Labute approximate surface area is 115 Å². The summed E-state index contributed by atoms with van der Waals surface area (Å²) < 4.78 is 0.